The molecule has 0 aromatic heterocycles. The van der Waals surface area contributed by atoms with Crippen molar-refractivity contribution >= 4 is 39.0 Å². The Morgan fingerprint density at radius 1 is 1.53 bits per heavy atom. The number of hydrogen-bond donors (Lipinski definition) is 1. The molecule has 6 unspecified atom stereocenters. The van der Waals surface area contributed by atoms with Crippen molar-refractivity contribution in [3.05, 3.63) is 0 Å². The highest BCUT2D eigenvalue weighted by Crippen LogP contribution is 2.72. The largest absolute Gasteiger partial charge is 0.352 e. The molecule has 0 spiro atoms. The van der Waals surface area contributed by atoms with Crippen LogP contribution >= 0.6 is 33.1 Å². The first-order chi connectivity index (χ1) is 7.13. The molecule has 0 aromatic carbocycles. The van der Waals surface area contributed by atoms with E-state index in [0.29, 0.717) is 12.0 Å². The minimum absolute atomic E-state index is 0.00601. The van der Waals surface area contributed by atoms with E-state index in [1.807, 2.05) is 0 Å². The highest BCUT2D eigenvalue weighted by Gasteiger charge is 2.44. The van der Waals surface area contributed by atoms with Gasteiger partial charge in [0.2, 0.25) is 5.91 Å². The third-order valence-corrected chi connectivity index (χ3v) is 15.0. The molecule has 1 amide bonds. The van der Waals surface area contributed by atoms with Gasteiger partial charge in [-0.3, -0.25) is 4.79 Å². The normalized spacial score (nSPS) is 43.0. The maximum Gasteiger partial charge on any atom is 0.220 e. The predicted molar refractivity (Wildman–Crippen MR) is 76.9 cm³/mol. The predicted octanol–water partition coefficient (Wildman–Crippen LogP) is 2.95. The molecule has 2 fully saturated rings. The van der Waals surface area contributed by atoms with Gasteiger partial charge in [0.05, 0.1) is 0 Å². The Balaban J connectivity index is 2.14. The van der Waals surface area contributed by atoms with Crippen LogP contribution in [-0.2, 0) is 4.79 Å². The summed E-state index contributed by atoms with van der Waals surface area (Å²) in [5.74, 6) is 1.69. The van der Waals surface area contributed by atoms with Crippen molar-refractivity contribution in [1.82, 2.24) is 5.32 Å². The minimum atomic E-state index is 0.00601. The van der Waals surface area contributed by atoms with Gasteiger partial charge >= 0.3 is 0 Å². The molecule has 1 heterocycles. The highest BCUT2D eigenvalue weighted by molar-refractivity contribution is 8.61. The van der Waals surface area contributed by atoms with E-state index in [1.165, 1.54) is 12.8 Å². The van der Waals surface area contributed by atoms with Gasteiger partial charge in [0.25, 0.3) is 0 Å². The van der Waals surface area contributed by atoms with Gasteiger partial charge in [-0.15, -0.1) is 17.9 Å². The Morgan fingerprint density at radius 2 is 2.27 bits per heavy atom. The summed E-state index contributed by atoms with van der Waals surface area (Å²) in [7, 11) is 6.87. The van der Waals surface area contributed by atoms with Crippen LogP contribution in [0.15, 0.2) is 0 Å². The average molecular weight is 281 g/mol. The summed E-state index contributed by atoms with van der Waals surface area (Å²) in [6, 6.07) is 0.484. The van der Waals surface area contributed by atoms with Gasteiger partial charge in [-0.05, 0) is 24.7 Å². The number of amides is 1. The van der Waals surface area contributed by atoms with Crippen LogP contribution in [0.1, 0.15) is 26.2 Å². The molecular weight excluding hydrogens is 262 g/mol. The molecule has 86 valence electrons. The number of hydrogen-bond acceptors (Lipinski definition) is 1. The fourth-order valence-electron chi connectivity index (χ4n) is 2.91. The second-order valence-corrected chi connectivity index (χ2v) is 14.2. The Bertz CT molecular complexity index is 258. The molecule has 1 saturated carbocycles. The Labute approximate surface area is 99.1 Å². The van der Waals surface area contributed by atoms with Crippen LogP contribution in [0.5, 0.6) is 0 Å². The molecule has 8 atom stereocenters. The average Bonchev–Trinajstić information content (AvgIpc) is 2.57. The van der Waals surface area contributed by atoms with E-state index < -0.39 is 0 Å². The third-order valence-electron chi connectivity index (χ3n) is 3.70. The minimum Gasteiger partial charge on any atom is -0.352 e. The van der Waals surface area contributed by atoms with Crippen molar-refractivity contribution in [1.29, 1.82) is 0 Å². The van der Waals surface area contributed by atoms with Crippen molar-refractivity contribution < 1.29 is 4.79 Å². The van der Waals surface area contributed by atoms with Gasteiger partial charge < -0.3 is 5.32 Å². The standard InChI is InChI=1S/C9H19NOP4/c1-5-2-3-6-4-7(11)10-8(6)9(5)15(13)14-12/h5-6,8-9,14H,2-4,12-13H2,1H3,(H,10,11)/t5-,6?,8?,9-,15?/m0/s1. The zero-order chi connectivity index (χ0) is 11.0. The van der Waals surface area contributed by atoms with Gasteiger partial charge in [-0.2, -0.15) is 0 Å². The van der Waals surface area contributed by atoms with Crippen LogP contribution in [0.25, 0.3) is 0 Å². The second kappa shape index (κ2) is 5.23. The molecule has 15 heavy (non-hydrogen) atoms. The summed E-state index contributed by atoms with van der Waals surface area (Å²) >= 11 is 0. The molecule has 1 N–H and O–H groups in total. The fourth-order valence-corrected chi connectivity index (χ4v) is 9.19. The first kappa shape index (κ1) is 12.6. The second-order valence-electron chi connectivity index (χ2n) is 4.64. The number of nitrogens with one attached hydrogen (secondary N) is 1. The molecular formula is C9H19NOP4. The lowest BCUT2D eigenvalue weighted by Crippen LogP contribution is -2.44. The van der Waals surface area contributed by atoms with E-state index in [0.717, 1.165) is 26.0 Å². The SMILES string of the molecule is C[C@H]1CCC2CC(=O)NC2[C@H]1P(P)PP. The van der Waals surface area contributed by atoms with Gasteiger partial charge in [-0.25, -0.2) is 0 Å². The van der Waals surface area contributed by atoms with Crippen molar-refractivity contribution in [2.75, 3.05) is 0 Å². The summed E-state index contributed by atoms with van der Waals surface area (Å²) in [4.78, 5) is 11.5. The number of fused-ring (bicyclic) bond motifs is 1. The smallest absolute Gasteiger partial charge is 0.220 e. The Kier molecular flexibility index (Phi) is 4.41. The summed E-state index contributed by atoms with van der Waals surface area (Å²) in [5, 5.41) is 3.21. The first-order valence-electron chi connectivity index (χ1n) is 5.43. The molecule has 0 radical (unpaired) electrons. The van der Waals surface area contributed by atoms with Crippen LogP contribution in [0.4, 0.5) is 0 Å². The number of carbonyl (C=O) groups excluding carboxylic acids is 1. The third kappa shape index (κ3) is 2.55. The van der Waals surface area contributed by atoms with Crippen LogP contribution in [0.3, 0.4) is 0 Å². The topological polar surface area (TPSA) is 29.1 Å². The van der Waals surface area contributed by atoms with Crippen molar-refractivity contribution in [2.45, 2.75) is 37.9 Å². The number of carbonyl (C=O) groups is 1. The van der Waals surface area contributed by atoms with Crippen LogP contribution in [0.2, 0.25) is 0 Å². The van der Waals surface area contributed by atoms with Gasteiger partial charge in [0, 0.05) is 18.1 Å². The molecule has 0 bridgehead atoms. The van der Waals surface area contributed by atoms with Crippen LogP contribution < -0.4 is 5.32 Å². The van der Waals surface area contributed by atoms with E-state index in [4.69, 9.17) is 0 Å². The highest BCUT2D eigenvalue weighted by atomic mass is 32.6. The van der Waals surface area contributed by atoms with Crippen molar-refractivity contribution in [2.24, 2.45) is 11.8 Å². The Morgan fingerprint density at radius 3 is 2.93 bits per heavy atom. The van der Waals surface area contributed by atoms with E-state index in [1.54, 1.807) is 0 Å². The van der Waals surface area contributed by atoms with E-state index in [2.05, 4.69) is 30.1 Å². The lowest BCUT2D eigenvalue weighted by molar-refractivity contribution is -0.119. The maximum absolute atomic E-state index is 11.5. The number of rotatable bonds is 2. The lowest BCUT2D eigenvalue weighted by atomic mass is 9.79. The van der Waals surface area contributed by atoms with E-state index >= 15 is 0 Å². The Hall–Kier alpha value is 1.19. The molecule has 2 rings (SSSR count). The lowest BCUT2D eigenvalue weighted by Gasteiger charge is -2.41. The van der Waals surface area contributed by atoms with Gasteiger partial charge in [0.1, 0.15) is 0 Å². The van der Waals surface area contributed by atoms with Gasteiger partial charge in [0.15, 0.2) is 0 Å². The molecule has 0 aromatic rings. The summed E-state index contributed by atoms with van der Waals surface area (Å²) < 4.78 is 0. The summed E-state index contributed by atoms with van der Waals surface area (Å²) in [5.41, 5.74) is 0.728. The van der Waals surface area contributed by atoms with Gasteiger partial charge in [-0.1, -0.05) is 22.2 Å². The van der Waals surface area contributed by atoms with Crippen LogP contribution in [-0.4, -0.2) is 17.6 Å². The molecule has 2 nitrogen and oxygen atoms in total. The van der Waals surface area contributed by atoms with E-state index in [9.17, 15) is 4.79 Å². The van der Waals surface area contributed by atoms with Crippen molar-refractivity contribution in [3.63, 3.8) is 0 Å². The molecule has 1 aliphatic carbocycles. The van der Waals surface area contributed by atoms with Crippen LogP contribution in [0, 0.1) is 11.8 Å². The monoisotopic (exact) mass is 281 g/mol. The molecule has 6 heteroatoms. The maximum atomic E-state index is 11.5. The zero-order valence-corrected chi connectivity index (χ0v) is 13.1. The quantitative estimate of drug-likeness (QED) is 0.775. The summed E-state index contributed by atoms with van der Waals surface area (Å²) in [6.45, 7) is 2.36. The van der Waals surface area contributed by atoms with E-state index in [-0.39, 0.29) is 13.2 Å². The van der Waals surface area contributed by atoms with Crippen molar-refractivity contribution in [3.8, 4) is 0 Å². The first-order valence-corrected chi connectivity index (χ1v) is 12.1. The fraction of sp³-hybridized carbons (Fsp3) is 0.889. The summed E-state index contributed by atoms with van der Waals surface area (Å²) in [6.07, 6.45) is 3.33. The molecule has 2 aliphatic rings. The molecule has 1 saturated heterocycles. The molecule has 1 aliphatic heterocycles. The zero-order valence-electron chi connectivity index (χ0n) is 8.94.